The van der Waals surface area contributed by atoms with Gasteiger partial charge in [-0.1, -0.05) is 19.8 Å². The monoisotopic (exact) mass is 253 g/mol. The van der Waals surface area contributed by atoms with Crippen LogP contribution in [0, 0.1) is 11.7 Å². The summed E-state index contributed by atoms with van der Waals surface area (Å²) >= 11 is 0. The number of anilines is 2. The molecule has 1 aromatic rings. The first-order chi connectivity index (χ1) is 8.61. The smallest absolute Gasteiger partial charge is 0.239 e. The molecule has 6 heteroatoms. The van der Waals surface area contributed by atoms with E-state index in [2.05, 4.69) is 22.3 Å². The quantitative estimate of drug-likeness (QED) is 0.636. The van der Waals surface area contributed by atoms with Gasteiger partial charge in [-0.25, -0.2) is 15.2 Å². The number of aromatic nitrogens is 2. The SMILES string of the molecule is CC1CCCC(N(C)c2nc(NN)ncc2F)C1. The van der Waals surface area contributed by atoms with Gasteiger partial charge in [-0.3, -0.25) is 5.43 Å². The van der Waals surface area contributed by atoms with Crippen LogP contribution in [0.2, 0.25) is 0 Å². The molecule has 2 rings (SSSR count). The summed E-state index contributed by atoms with van der Waals surface area (Å²) in [6.45, 7) is 2.24. The molecule has 0 saturated heterocycles. The predicted octanol–water partition coefficient (Wildman–Crippen LogP) is 1.92. The fourth-order valence-corrected chi connectivity index (χ4v) is 2.60. The number of nitrogen functional groups attached to an aromatic ring is 1. The van der Waals surface area contributed by atoms with Gasteiger partial charge in [-0.2, -0.15) is 4.98 Å². The highest BCUT2D eigenvalue weighted by molar-refractivity contribution is 5.43. The summed E-state index contributed by atoms with van der Waals surface area (Å²) in [6.07, 6.45) is 5.75. The lowest BCUT2D eigenvalue weighted by Gasteiger charge is -2.34. The zero-order valence-corrected chi connectivity index (χ0v) is 10.9. The second-order valence-corrected chi connectivity index (χ2v) is 5.05. The highest BCUT2D eigenvalue weighted by Gasteiger charge is 2.25. The fraction of sp³-hybridized carbons (Fsp3) is 0.667. The number of rotatable bonds is 3. The van der Waals surface area contributed by atoms with Crippen LogP contribution in [-0.4, -0.2) is 23.1 Å². The molecule has 0 spiro atoms. The molecule has 1 aromatic heterocycles. The van der Waals surface area contributed by atoms with Crippen LogP contribution in [0.1, 0.15) is 32.6 Å². The van der Waals surface area contributed by atoms with E-state index >= 15 is 0 Å². The summed E-state index contributed by atoms with van der Waals surface area (Å²) in [5.74, 6) is 6.08. The maximum Gasteiger partial charge on any atom is 0.239 e. The lowest BCUT2D eigenvalue weighted by Crippen LogP contribution is -2.36. The Hall–Kier alpha value is -1.43. The molecule has 0 aromatic carbocycles. The third-order valence-corrected chi connectivity index (χ3v) is 3.65. The average molecular weight is 253 g/mol. The summed E-state index contributed by atoms with van der Waals surface area (Å²) in [6, 6.07) is 0.337. The molecule has 1 aliphatic rings. The Bertz CT molecular complexity index is 411. The molecule has 0 radical (unpaired) electrons. The first-order valence-electron chi connectivity index (χ1n) is 6.33. The first kappa shape index (κ1) is 13.0. The van der Waals surface area contributed by atoms with Crippen LogP contribution < -0.4 is 16.2 Å². The van der Waals surface area contributed by atoms with Crippen molar-refractivity contribution in [2.75, 3.05) is 17.4 Å². The first-order valence-corrected chi connectivity index (χ1v) is 6.33. The van der Waals surface area contributed by atoms with Gasteiger partial charge < -0.3 is 4.90 Å². The largest absolute Gasteiger partial charge is 0.354 e. The van der Waals surface area contributed by atoms with Gasteiger partial charge in [0.15, 0.2) is 11.6 Å². The molecular weight excluding hydrogens is 233 g/mol. The van der Waals surface area contributed by atoms with Gasteiger partial charge in [-0.15, -0.1) is 0 Å². The van der Waals surface area contributed by atoms with Crippen molar-refractivity contribution in [2.45, 2.75) is 38.6 Å². The summed E-state index contributed by atoms with van der Waals surface area (Å²) in [5.41, 5.74) is 2.35. The topological polar surface area (TPSA) is 67.1 Å². The molecule has 100 valence electrons. The lowest BCUT2D eigenvalue weighted by atomic mass is 9.86. The molecule has 2 unspecified atom stereocenters. The standard InChI is InChI=1S/C12H20FN5/c1-8-4-3-5-9(6-8)18(2)11-10(13)7-15-12(16-11)17-14/h7-9H,3-6,14H2,1-2H3,(H,15,16,17). The van der Waals surface area contributed by atoms with E-state index in [1.165, 1.54) is 12.8 Å². The average Bonchev–Trinajstić information content (AvgIpc) is 2.38. The number of hydrazine groups is 1. The maximum atomic E-state index is 13.8. The molecule has 0 aliphatic heterocycles. The summed E-state index contributed by atoms with van der Waals surface area (Å²) < 4.78 is 13.8. The van der Waals surface area contributed by atoms with Crippen molar-refractivity contribution < 1.29 is 4.39 Å². The normalized spacial score (nSPS) is 23.8. The van der Waals surface area contributed by atoms with E-state index in [9.17, 15) is 4.39 Å². The molecular formula is C12H20FN5. The third-order valence-electron chi connectivity index (χ3n) is 3.65. The van der Waals surface area contributed by atoms with Crippen LogP contribution in [0.5, 0.6) is 0 Å². The highest BCUT2D eigenvalue weighted by atomic mass is 19.1. The summed E-state index contributed by atoms with van der Waals surface area (Å²) in [7, 11) is 1.88. The predicted molar refractivity (Wildman–Crippen MR) is 69.6 cm³/mol. The Balaban J connectivity index is 2.19. The minimum Gasteiger partial charge on any atom is -0.354 e. The minimum atomic E-state index is -0.408. The molecule has 1 saturated carbocycles. The van der Waals surface area contributed by atoms with Crippen LogP contribution >= 0.6 is 0 Å². The Morgan fingerprint density at radius 2 is 2.28 bits per heavy atom. The zero-order valence-electron chi connectivity index (χ0n) is 10.9. The van der Waals surface area contributed by atoms with Crippen LogP contribution in [0.15, 0.2) is 6.20 Å². The number of hydrogen-bond donors (Lipinski definition) is 2. The molecule has 1 heterocycles. The van der Waals surface area contributed by atoms with Gasteiger partial charge in [-0.05, 0) is 18.8 Å². The zero-order chi connectivity index (χ0) is 13.1. The van der Waals surface area contributed by atoms with E-state index in [4.69, 9.17) is 5.84 Å². The van der Waals surface area contributed by atoms with E-state index in [1.54, 1.807) is 0 Å². The Morgan fingerprint density at radius 1 is 1.50 bits per heavy atom. The van der Waals surface area contributed by atoms with Gasteiger partial charge in [0.25, 0.3) is 0 Å². The van der Waals surface area contributed by atoms with Crippen molar-refractivity contribution in [3.8, 4) is 0 Å². The van der Waals surface area contributed by atoms with E-state index in [1.807, 2.05) is 11.9 Å². The molecule has 18 heavy (non-hydrogen) atoms. The molecule has 3 N–H and O–H groups in total. The van der Waals surface area contributed by atoms with Gasteiger partial charge >= 0.3 is 0 Å². The van der Waals surface area contributed by atoms with Crippen molar-refractivity contribution in [3.05, 3.63) is 12.0 Å². The Labute approximate surface area is 107 Å². The number of nitrogens with zero attached hydrogens (tertiary/aromatic N) is 3. The molecule has 1 fully saturated rings. The summed E-state index contributed by atoms with van der Waals surface area (Å²) in [4.78, 5) is 9.76. The number of halogens is 1. The van der Waals surface area contributed by atoms with Gasteiger partial charge in [0.2, 0.25) is 5.95 Å². The van der Waals surface area contributed by atoms with Gasteiger partial charge in [0.05, 0.1) is 6.20 Å². The van der Waals surface area contributed by atoms with Gasteiger partial charge in [0, 0.05) is 13.1 Å². The Morgan fingerprint density at radius 3 is 2.94 bits per heavy atom. The minimum absolute atomic E-state index is 0.238. The van der Waals surface area contributed by atoms with E-state index < -0.39 is 5.82 Å². The maximum absolute atomic E-state index is 13.8. The molecule has 1 aliphatic carbocycles. The second-order valence-electron chi connectivity index (χ2n) is 5.05. The Kier molecular flexibility index (Phi) is 3.96. The van der Waals surface area contributed by atoms with Crippen LogP contribution in [0.3, 0.4) is 0 Å². The fourth-order valence-electron chi connectivity index (χ4n) is 2.60. The van der Waals surface area contributed by atoms with Gasteiger partial charge in [0.1, 0.15) is 0 Å². The van der Waals surface area contributed by atoms with E-state index in [0.29, 0.717) is 17.8 Å². The lowest BCUT2D eigenvalue weighted by molar-refractivity contribution is 0.334. The number of nitrogens with two attached hydrogens (primary N) is 1. The van der Waals surface area contributed by atoms with Crippen molar-refractivity contribution in [1.29, 1.82) is 0 Å². The second kappa shape index (κ2) is 5.48. The van der Waals surface area contributed by atoms with Crippen molar-refractivity contribution >= 4 is 11.8 Å². The number of hydrogen-bond acceptors (Lipinski definition) is 5. The van der Waals surface area contributed by atoms with Crippen LogP contribution in [-0.2, 0) is 0 Å². The third kappa shape index (κ3) is 2.69. The molecule has 5 nitrogen and oxygen atoms in total. The van der Waals surface area contributed by atoms with Crippen molar-refractivity contribution in [2.24, 2.45) is 11.8 Å². The van der Waals surface area contributed by atoms with Crippen molar-refractivity contribution in [1.82, 2.24) is 9.97 Å². The van der Waals surface area contributed by atoms with Crippen molar-refractivity contribution in [3.63, 3.8) is 0 Å². The van der Waals surface area contributed by atoms with Crippen LogP contribution in [0.4, 0.5) is 16.2 Å². The molecule has 2 atom stereocenters. The molecule has 0 bridgehead atoms. The highest BCUT2D eigenvalue weighted by Crippen LogP contribution is 2.29. The van der Waals surface area contributed by atoms with E-state index in [0.717, 1.165) is 19.0 Å². The van der Waals surface area contributed by atoms with E-state index in [-0.39, 0.29) is 5.95 Å². The summed E-state index contributed by atoms with van der Waals surface area (Å²) in [5, 5.41) is 0. The molecule has 0 amide bonds. The number of nitrogens with one attached hydrogen (secondary N) is 1. The van der Waals surface area contributed by atoms with Crippen LogP contribution in [0.25, 0.3) is 0 Å².